The molecule has 0 radical (unpaired) electrons. The number of amides is 1. The Hall–Kier alpha value is -3.41. The number of rotatable bonds is 10. The van der Waals surface area contributed by atoms with E-state index in [-0.39, 0.29) is 11.9 Å². The molecule has 3 rings (SSSR count). The second-order valence-electron chi connectivity index (χ2n) is 6.92. The minimum absolute atomic E-state index is 0.00278. The summed E-state index contributed by atoms with van der Waals surface area (Å²) in [6.45, 7) is 0.546. The first-order valence-electron chi connectivity index (χ1n) is 9.88. The zero-order valence-corrected chi connectivity index (χ0v) is 17.6. The Kier molecular flexibility index (Phi) is 7.38. The summed E-state index contributed by atoms with van der Waals surface area (Å²) in [5.74, 6) is 2.15. The number of nitrogens with zero attached hydrogens (tertiary/aromatic N) is 1. The molecule has 1 heterocycles. The van der Waals surface area contributed by atoms with Gasteiger partial charge in [-0.1, -0.05) is 18.2 Å². The molecule has 158 valence electrons. The highest BCUT2D eigenvalue weighted by Gasteiger charge is 2.18. The van der Waals surface area contributed by atoms with Gasteiger partial charge in [0.25, 0.3) is 0 Å². The zero-order chi connectivity index (χ0) is 21.3. The fourth-order valence-electron chi connectivity index (χ4n) is 3.43. The summed E-state index contributed by atoms with van der Waals surface area (Å²) in [4.78, 5) is 12.7. The third-order valence-electron chi connectivity index (χ3n) is 5.03. The quantitative estimate of drug-likeness (QED) is 0.554. The zero-order valence-electron chi connectivity index (χ0n) is 17.6. The lowest BCUT2D eigenvalue weighted by molar-refractivity contribution is -0.121. The van der Waals surface area contributed by atoms with Crippen LogP contribution in [-0.4, -0.2) is 38.3 Å². The van der Waals surface area contributed by atoms with Crippen molar-refractivity contribution in [2.24, 2.45) is 0 Å². The first-order chi connectivity index (χ1) is 14.6. The fourth-order valence-corrected chi connectivity index (χ4v) is 3.43. The predicted molar refractivity (Wildman–Crippen MR) is 116 cm³/mol. The van der Waals surface area contributed by atoms with E-state index in [1.807, 2.05) is 71.6 Å². The number of methoxy groups -OCH3 is 3. The molecular formula is C24H28N2O4. The van der Waals surface area contributed by atoms with Crippen LogP contribution in [0.1, 0.15) is 23.6 Å². The van der Waals surface area contributed by atoms with Gasteiger partial charge in [-0.05, 0) is 53.9 Å². The number of carbonyl (C=O) groups excluding carboxylic acids is 1. The Morgan fingerprint density at radius 2 is 1.70 bits per heavy atom. The number of carbonyl (C=O) groups is 1. The SMILES string of the molecule is COc1cccc([C@H](CC(=O)NCCc2ccc(OC)c(OC)c2)n2cccc2)c1. The van der Waals surface area contributed by atoms with Crippen molar-refractivity contribution in [2.75, 3.05) is 27.9 Å². The van der Waals surface area contributed by atoms with Gasteiger partial charge >= 0.3 is 0 Å². The first-order valence-corrected chi connectivity index (χ1v) is 9.88. The fraction of sp³-hybridized carbons (Fsp3) is 0.292. The molecular weight excluding hydrogens is 380 g/mol. The van der Waals surface area contributed by atoms with Crippen LogP contribution >= 0.6 is 0 Å². The molecule has 0 aliphatic carbocycles. The van der Waals surface area contributed by atoms with Crippen molar-refractivity contribution in [1.29, 1.82) is 0 Å². The molecule has 0 saturated carbocycles. The summed E-state index contributed by atoms with van der Waals surface area (Å²) in [5.41, 5.74) is 2.10. The van der Waals surface area contributed by atoms with E-state index in [4.69, 9.17) is 14.2 Å². The van der Waals surface area contributed by atoms with Crippen molar-refractivity contribution in [3.63, 3.8) is 0 Å². The van der Waals surface area contributed by atoms with E-state index in [1.54, 1.807) is 21.3 Å². The number of hydrogen-bond donors (Lipinski definition) is 1. The van der Waals surface area contributed by atoms with Crippen LogP contribution in [0, 0.1) is 0 Å². The molecule has 0 aliphatic rings. The van der Waals surface area contributed by atoms with Crippen LogP contribution in [0.25, 0.3) is 0 Å². The van der Waals surface area contributed by atoms with Crippen molar-refractivity contribution >= 4 is 5.91 Å². The van der Waals surface area contributed by atoms with Crippen molar-refractivity contribution in [1.82, 2.24) is 9.88 Å². The minimum atomic E-state index is -0.101. The van der Waals surface area contributed by atoms with Crippen LogP contribution in [-0.2, 0) is 11.2 Å². The maximum Gasteiger partial charge on any atom is 0.222 e. The minimum Gasteiger partial charge on any atom is -0.497 e. The van der Waals surface area contributed by atoms with E-state index < -0.39 is 0 Å². The molecule has 0 bridgehead atoms. The lowest BCUT2D eigenvalue weighted by atomic mass is 10.0. The van der Waals surface area contributed by atoms with Gasteiger partial charge in [-0.2, -0.15) is 0 Å². The summed E-state index contributed by atoms with van der Waals surface area (Å²) in [6.07, 6.45) is 5.00. The standard InChI is InChI=1S/C24H28N2O4/c1-28-20-8-6-7-19(16-20)21(26-13-4-5-14-26)17-24(27)25-12-11-18-9-10-22(29-2)23(15-18)30-3/h4-10,13-16,21H,11-12,17H2,1-3H3,(H,25,27)/t21-/m0/s1. The maximum atomic E-state index is 12.7. The average molecular weight is 408 g/mol. The molecule has 30 heavy (non-hydrogen) atoms. The lowest BCUT2D eigenvalue weighted by Gasteiger charge is -2.20. The molecule has 2 aromatic carbocycles. The molecule has 3 aromatic rings. The Morgan fingerprint density at radius 3 is 2.40 bits per heavy atom. The molecule has 0 saturated heterocycles. The van der Waals surface area contributed by atoms with Gasteiger partial charge in [0.05, 0.1) is 33.8 Å². The third-order valence-corrected chi connectivity index (χ3v) is 5.03. The van der Waals surface area contributed by atoms with Crippen LogP contribution < -0.4 is 19.5 Å². The molecule has 6 nitrogen and oxygen atoms in total. The van der Waals surface area contributed by atoms with Crippen LogP contribution in [0.2, 0.25) is 0 Å². The molecule has 1 atom stereocenters. The molecule has 0 spiro atoms. The number of nitrogens with one attached hydrogen (secondary N) is 1. The number of aromatic nitrogens is 1. The Morgan fingerprint density at radius 1 is 0.933 bits per heavy atom. The van der Waals surface area contributed by atoms with E-state index >= 15 is 0 Å². The van der Waals surface area contributed by atoms with Gasteiger partial charge in [0.1, 0.15) is 5.75 Å². The first kappa shape index (κ1) is 21.3. The van der Waals surface area contributed by atoms with Crippen LogP contribution in [0.4, 0.5) is 0 Å². The molecule has 1 aromatic heterocycles. The van der Waals surface area contributed by atoms with Crippen molar-refractivity contribution < 1.29 is 19.0 Å². The van der Waals surface area contributed by atoms with Gasteiger partial charge < -0.3 is 24.1 Å². The van der Waals surface area contributed by atoms with Crippen LogP contribution in [0.3, 0.4) is 0 Å². The average Bonchev–Trinajstić information content (AvgIpc) is 3.32. The maximum absolute atomic E-state index is 12.7. The molecule has 0 fully saturated rings. The molecule has 1 amide bonds. The van der Waals surface area contributed by atoms with Crippen molar-refractivity contribution in [3.8, 4) is 17.2 Å². The van der Waals surface area contributed by atoms with Gasteiger partial charge in [0.2, 0.25) is 5.91 Å². The largest absolute Gasteiger partial charge is 0.497 e. The number of ether oxygens (including phenoxy) is 3. The molecule has 6 heteroatoms. The molecule has 0 unspecified atom stereocenters. The predicted octanol–water partition coefficient (Wildman–Crippen LogP) is 3.85. The second-order valence-corrected chi connectivity index (χ2v) is 6.92. The van der Waals surface area contributed by atoms with Gasteiger partial charge in [-0.25, -0.2) is 0 Å². The monoisotopic (exact) mass is 408 g/mol. The smallest absolute Gasteiger partial charge is 0.222 e. The third kappa shape index (κ3) is 5.35. The highest BCUT2D eigenvalue weighted by molar-refractivity contribution is 5.77. The van der Waals surface area contributed by atoms with Gasteiger partial charge in [0.15, 0.2) is 11.5 Å². The van der Waals surface area contributed by atoms with Crippen molar-refractivity contribution in [2.45, 2.75) is 18.9 Å². The Balaban J connectivity index is 1.62. The van der Waals surface area contributed by atoms with E-state index in [1.165, 1.54) is 0 Å². The summed E-state index contributed by atoms with van der Waals surface area (Å²) < 4.78 is 18.0. The topological polar surface area (TPSA) is 61.7 Å². The Labute approximate surface area is 177 Å². The van der Waals surface area contributed by atoms with Crippen LogP contribution in [0.15, 0.2) is 67.0 Å². The molecule has 0 aliphatic heterocycles. The highest BCUT2D eigenvalue weighted by Crippen LogP contribution is 2.28. The molecule has 1 N–H and O–H groups in total. The number of benzene rings is 2. The second kappa shape index (κ2) is 10.4. The summed E-state index contributed by atoms with van der Waals surface area (Å²) in [7, 11) is 4.87. The van der Waals surface area contributed by atoms with Gasteiger partial charge in [0, 0.05) is 18.9 Å². The number of hydrogen-bond acceptors (Lipinski definition) is 4. The highest BCUT2D eigenvalue weighted by atomic mass is 16.5. The lowest BCUT2D eigenvalue weighted by Crippen LogP contribution is -2.28. The van der Waals surface area contributed by atoms with E-state index in [9.17, 15) is 4.79 Å². The van der Waals surface area contributed by atoms with Gasteiger partial charge in [-0.3, -0.25) is 4.79 Å². The van der Waals surface area contributed by atoms with E-state index in [0.717, 1.165) is 16.9 Å². The van der Waals surface area contributed by atoms with E-state index in [0.29, 0.717) is 30.9 Å². The van der Waals surface area contributed by atoms with Crippen LogP contribution in [0.5, 0.6) is 17.2 Å². The van der Waals surface area contributed by atoms with E-state index in [2.05, 4.69) is 5.32 Å². The van der Waals surface area contributed by atoms with Crippen molar-refractivity contribution in [3.05, 3.63) is 78.1 Å². The Bertz CT molecular complexity index is 954. The summed E-state index contributed by atoms with van der Waals surface area (Å²) in [6, 6.07) is 17.4. The van der Waals surface area contributed by atoms with Gasteiger partial charge in [-0.15, -0.1) is 0 Å². The normalized spacial score (nSPS) is 11.6. The summed E-state index contributed by atoms with van der Waals surface area (Å²) >= 11 is 0. The summed E-state index contributed by atoms with van der Waals surface area (Å²) in [5, 5.41) is 3.03.